The number of hydrogen-bond donors (Lipinski definition) is 1. The van der Waals surface area contributed by atoms with E-state index in [9.17, 15) is 4.79 Å². The monoisotopic (exact) mass is 316 g/mol. The van der Waals surface area contributed by atoms with Gasteiger partial charge in [-0.25, -0.2) is 4.99 Å². The summed E-state index contributed by atoms with van der Waals surface area (Å²) in [6.45, 7) is 3.10. The topological polar surface area (TPSA) is 47.9 Å². The van der Waals surface area contributed by atoms with E-state index in [1.165, 1.54) is 12.0 Å². The molecular formula is C18H28N4O. The van der Waals surface area contributed by atoms with Gasteiger partial charge in [-0.15, -0.1) is 0 Å². The number of nitrogens with one attached hydrogen (secondary N) is 1. The zero-order valence-electron chi connectivity index (χ0n) is 14.3. The zero-order chi connectivity index (χ0) is 16.5. The molecule has 23 heavy (non-hydrogen) atoms. The van der Waals surface area contributed by atoms with Gasteiger partial charge in [-0.2, -0.15) is 0 Å². The van der Waals surface area contributed by atoms with Gasteiger partial charge in [0.05, 0.1) is 6.54 Å². The van der Waals surface area contributed by atoms with E-state index < -0.39 is 0 Å². The van der Waals surface area contributed by atoms with Crippen molar-refractivity contribution < 1.29 is 4.79 Å². The van der Waals surface area contributed by atoms with Crippen LogP contribution in [0.3, 0.4) is 0 Å². The van der Waals surface area contributed by atoms with E-state index in [0.717, 1.165) is 31.9 Å². The molecule has 0 saturated carbocycles. The SMILES string of the molecule is CN(C)C(=NCc1ccccc1)NCCC(=O)N1CCCCC1. The third-order valence-corrected chi connectivity index (χ3v) is 4.01. The van der Waals surface area contributed by atoms with Crippen molar-refractivity contribution in [2.45, 2.75) is 32.2 Å². The van der Waals surface area contributed by atoms with Gasteiger partial charge in [-0.1, -0.05) is 30.3 Å². The molecule has 1 amide bonds. The zero-order valence-corrected chi connectivity index (χ0v) is 14.3. The van der Waals surface area contributed by atoms with E-state index in [4.69, 9.17) is 0 Å². The summed E-state index contributed by atoms with van der Waals surface area (Å²) in [6.07, 6.45) is 4.05. The first kappa shape index (κ1) is 17.3. The smallest absolute Gasteiger partial charge is 0.224 e. The van der Waals surface area contributed by atoms with Gasteiger partial charge in [-0.3, -0.25) is 4.79 Å². The summed E-state index contributed by atoms with van der Waals surface area (Å²) in [5.41, 5.74) is 1.18. The minimum Gasteiger partial charge on any atom is -0.356 e. The molecule has 1 N–H and O–H groups in total. The summed E-state index contributed by atoms with van der Waals surface area (Å²) in [4.78, 5) is 20.7. The Morgan fingerprint density at radius 2 is 1.87 bits per heavy atom. The van der Waals surface area contributed by atoms with Crippen molar-refractivity contribution in [2.75, 3.05) is 33.7 Å². The minimum absolute atomic E-state index is 0.248. The number of amides is 1. The fourth-order valence-corrected chi connectivity index (χ4v) is 2.69. The van der Waals surface area contributed by atoms with Gasteiger partial charge in [-0.05, 0) is 24.8 Å². The van der Waals surface area contributed by atoms with Gasteiger partial charge in [0, 0.05) is 40.2 Å². The maximum atomic E-state index is 12.2. The number of hydrogen-bond acceptors (Lipinski definition) is 2. The van der Waals surface area contributed by atoms with Gasteiger partial charge >= 0.3 is 0 Å². The van der Waals surface area contributed by atoms with Crippen molar-refractivity contribution in [1.82, 2.24) is 15.1 Å². The van der Waals surface area contributed by atoms with Gasteiger partial charge in [0.2, 0.25) is 5.91 Å². The normalized spacial score (nSPS) is 15.4. The van der Waals surface area contributed by atoms with Crippen molar-refractivity contribution in [2.24, 2.45) is 4.99 Å². The molecule has 0 aliphatic carbocycles. The van der Waals surface area contributed by atoms with Gasteiger partial charge in [0.25, 0.3) is 0 Å². The Hall–Kier alpha value is -2.04. The second kappa shape index (κ2) is 9.18. The Balaban J connectivity index is 1.79. The second-order valence-electron chi connectivity index (χ2n) is 6.14. The van der Waals surface area contributed by atoms with Crippen LogP contribution in [0.4, 0.5) is 0 Å². The van der Waals surface area contributed by atoms with E-state index in [2.05, 4.69) is 22.4 Å². The van der Waals surface area contributed by atoms with Crippen LogP contribution in [0.25, 0.3) is 0 Å². The number of guanidine groups is 1. The molecule has 0 bridgehead atoms. The molecule has 0 unspecified atom stereocenters. The van der Waals surface area contributed by atoms with Crippen molar-refractivity contribution in [3.63, 3.8) is 0 Å². The molecule has 0 radical (unpaired) electrons. The van der Waals surface area contributed by atoms with Crippen LogP contribution in [0.2, 0.25) is 0 Å². The highest BCUT2D eigenvalue weighted by atomic mass is 16.2. The maximum absolute atomic E-state index is 12.2. The lowest BCUT2D eigenvalue weighted by molar-refractivity contribution is -0.131. The predicted octanol–water partition coefficient (Wildman–Crippen LogP) is 2.10. The summed E-state index contributed by atoms with van der Waals surface area (Å²) >= 11 is 0. The lowest BCUT2D eigenvalue weighted by Crippen LogP contribution is -2.40. The average Bonchev–Trinajstić information content (AvgIpc) is 2.59. The Kier molecular flexibility index (Phi) is 6.91. The molecule has 5 nitrogen and oxygen atoms in total. The Bertz CT molecular complexity index is 507. The first-order valence-corrected chi connectivity index (χ1v) is 8.44. The summed E-state index contributed by atoms with van der Waals surface area (Å²) in [5, 5.41) is 3.29. The number of rotatable bonds is 5. The molecule has 2 rings (SSSR count). The van der Waals surface area contributed by atoms with Crippen molar-refractivity contribution in [3.05, 3.63) is 35.9 Å². The van der Waals surface area contributed by atoms with E-state index in [1.807, 2.05) is 42.1 Å². The Morgan fingerprint density at radius 3 is 2.52 bits per heavy atom. The van der Waals surface area contributed by atoms with E-state index in [0.29, 0.717) is 19.5 Å². The molecule has 1 aromatic carbocycles. The highest BCUT2D eigenvalue weighted by Gasteiger charge is 2.16. The molecule has 0 aromatic heterocycles. The van der Waals surface area contributed by atoms with Crippen LogP contribution in [0.1, 0.15) is 31.2 Å². The number of likely N-dealkylation sites (tertiary alicyclic amines) is 1. The molecule has 1 aliphatic heterocycles. The quantitative estimate of drug-likeness (QED) is 0.668. The lowest BCUT2D eigenvalue weighted by atomic mass is 10.1. The predicted molar refractivity (Wildman–Crippen MR) is 94.3 cm³/mol. The summed E-state index contributed by atoms with van der Waals surface area (Å²) in [6, 6.07) is 10.2. The Morgan fingerprint density at radius 1 is 1.17 bits per heavy atom. The standard InChI is InChI=1S/C18H28N4O/c1-21(2)18(20-15-16-9-5-3-6-10-16)19-12-11-17(23)22-13-7-4-8-14-22/h3,5-6,9-10H,4,7-8,11-15H2,1-2H3,(H,19,20). The number of aliphatic imine (C=N–C) groups is 1. The summed E-state index contributed by atoms with van der Waals surface area (Å²) in [5.74, 6) is 1.07. The minimum atomic E-state index is 0.248. The van der Waals surface area contributed by atoms with Crippen LogP contribution in [-0.2, 0) is 11.3 Å². The Labute approximate surface area is 139 Å². The molecule has 5 heteroatoms. The van der Waals surface area contributed by atoms with Crippen LogP contribution in [0, 0.1) is 0 Å². The molecule has 0 spiro atoms. The highest BCUT2D eigenvalue weighted by molar-refractivity contribution is 5.81. The third-order valence-electron chi connectivity index (χ3n) is 4.01. The second-order valence-corrected chi connectivity index (χ2v) is 6.14. The molecule has 1 fully saturated rings. The number of carbonyl (C=O) groups excluding carboxylic acids is 1. The highest BCUT2D eigenvalue weighted by Crippen LogP contribution is 2.09. The number of carbonyl (C=O) groups is 1. The molecular weight excluding hydrogens is 288 g/mol. The molecule has 1 aromatic rings. The maximum Gasteiger partial charge on any atom is 0.224 e. The summed E-state index contributed by atoms with van der Waals surface area (Å²) in [7, 11) is 3.92. The van der Waals surface area contributed by atoms with Crippen LogP contribution in [0.5, 0.6) is 0 Å². The number of nitrogens with zero attached hydrogens (tertiary/aromatic N) is 3. The van der Waals surface area contributed by atoms with Gasteiger partial charge in [0.15, 0.2) is 5.96 Å². The fraction of sp³-hybridized carbons (Fsp3) is 0.556. The van der Waals surface area contributed by atoms with Crippen molar-refractivity contribution in [1.29, 1.82) is 0 Å². The molecule has 1 saturated heterocycles. The van der Waals surface area contributed by atoms with E-state index in [1.54, 1.807) is 0 Å². The van der Waals surface area contributed by atoms with E-state index >= 15 is 0 Å². The van der Waals surface area contributed by atoms with Crippen LogP contribution < -0.4 is 5.32 Å². The largest absolute Gasteiger partial charge is 0.356 e. The first-order valence-electron chi connectivity index (χ1n) is 8.44. The van der Waals surface area contributed by atoms with Crippen molar-refractivity contribution >= 4 is 11.9 Å². The summed E-state index contributed by atoms with van der Waals surface area (Å²) < 4.78 is 0. The van der Waals surface area contributed by atoms with Crippen LogP contribution >= 0.6 is 0 Å². The number of benzene rings is 1. The average molecular weight is 316 g/mol. The lowest BCUT2D eigenvalue weighted by Gasteiger charge is -2.27. The molecule has 0 atom stereocenters. The molecule has 1 aliphatic rings. The molecule has 126 valence electrons. The van der Waals surface area contributed by atoms with Crippen LogP contribution in [-0.4, -0.2) is 55.4 Å². The number of piperidine rings is 1. The fourth-order valence-electron chi connectivity index (χ4n) is 2.69. The third kappa shape index (κ3) is 5.93. The van der Waals surface area contributed by atoms with Gasteiger partial charge < -0.3 is 15.1 Å². The van der Waals surface area contributed by atoms with Crippen molar-refractivity contribution in [3.8, 4) is 0 Å². The van der Waals surface area contributed by atoms with Crippen LogP contribution in [0.15, 0.2) is 35.3 Å². The van der Waals surface area contributed by atoms with E-state index in [-0.39, 0.29) is 5.91 Å². The molecule has 1 heterocycles. The first-order chi connectivity index (χ1) is 11.2. The van der Waals surface area contributed by atoms with Gasteiger partial charge in [0.1, 0.15) is 0 Å².